The molecule has 3 N–H and O–H groups in total. The minimum absolute atomic E-state index is 0.0719. The minimum atomic E-state index is -1.86. The number of likely N-dealkylation sites (tertiary alicyclic amines) is 1. The molecule has 0 spiro atoms. The largest absolute Gasteiger partial charge is 0.490 e. The van der Waals surface area contributed by atoms with Crippen molar-refractivity contribution in [1.29, 1.82) is 0 Å². The van der Waals surface area contributed by atoms with Crippen LogP contribution < -0.4 is 10.1 Å². The number of piperidine rings is 1. The number of amides is 2. The quantitative estimate of drug-likeness (QED) is 0.516. The van der Waals surface area contributed by atoms with E-state index in [-0.39, 0.29) is 6.10 Å². The number of carbonyl (C=O) groups excluding carboxylic acids is 2. The van der Waals surface area contributed by atoms with E-state index in [2.05, 4.69) is 21.2 Å². The third kappa shape index (κ3) is 6.45. The second kappa shape index (κ2) is 11.1. The summed E-state index contributed by atoms with van der Waals surface area (Å²) in [5.41, 5.74) is 0.831. The van der Waals surface area contributed by atoms with Crippen molar-refractivity contribution in [3.63, 3.8) is 0 Å². The van der Waals surface area contributed by atoms with Crippen LogP contribution in [0.1, 0.15) is 31.4 Å². The van der Waals surface area contributed by atoms with E-state index in [0.29, 0.717) is 36.7 Å². The molecule has 2 aromatic rings. The van der Waals surface area contributed by atoms with Gasteiger partial charge in [0.05, 0.1) is 6.04 Å². The fourth-order valence-electron chi connectivity index (χ4n) is 3.50. The molecular formula is C23H26BrClN2O5. The zero-order valence-corrected chi connectivity index (χ0v) is 19.9. The van der Waals surface area contributed by atoms with Gasteiger partial charge in [0.25, 0.3) is 11.8 Å². The molecule has 172 valence electrons. The van der Waals surface area contributed by atoms with Crippen molar-refractivity contribution in [2.45, 2.75) is 44.1 Å². The first-order chi connectivity index (χ1) is 15.2. The van der Waals surface area contributed by atoms with Crippen molar-refractivity contribution >= 4 is 39.3 Å². The standard InChI is InChI=1S/C23H26BrClN2O5/c1-14(15-2-4-16(24)5-3-15)26-22(30)20(28)21(29)23(31)27-12-10-19(11-13-27)32-18-8-6-17(25)7-9-18/h2-9,14,19-21,28-29H,10-13H2,1H3,(H,26,30)/t14-,20+,21+/m0/s1. The van der Waals surface area contributed by atoms with Crippen molar-refractivity contribution in [3.8, 4) is 5.75 Å². The lowest BCUT2D eigenvalue weighted by Gasteiger charge is -2.34. The van der Waals surface area contributed by atoms with Gasteiger partial charge in [-0.25, -0.2) is 0 Å². The first-order valence-electron chi connectivity index (χ1n) is 10.4. The summed E-state index contributed by atoms with van der Waals surface area (Å²) >= 11 is 9.23. The summed E-state index contributed by atoms with van der Waals surface area (Å²) in [7, 11) is 0. The maximum absolute atomic E-state index is 12.6. The van der Waals surface area contributed by atoms with Crippen LogP contribution in [0.2, 0.25) is 5.02 Å². The number of ether oxygens (including phenoxy) is 1. The van der Waals surface area contributed by atoms with Gasteiger partial charge in [-0.3, -0.25) is 9.59 Å². The summed E-state index contributed by atoms with van der Waals surface area (Å²) in [5, 5.41) is 23.8. The number of hydrogen-bond acceptors (Lipinski definition) is 5. The fraction of sp³-hybridized carbons (Fsp3) is 0.391. The Morgan fingerprint density at radius 1 is 1.06 bits per heavy atom. The molecular weight excluding hydrogens is 500 g/mol. The molecule has 1 aliphatic heterocycles. The Hall–Kier alpha value is -2.13. The first kappa shape index (κ1) is 24.5. The topological polar surface area (TPSA) is 99.1 Å². The molecule has 1 heterocycles. The SMILES string of the molecule is C[C@H](NC(=O)[C@H](O)[C@@H](O)C(=O)N1CCC(Oc2ccc(Cl)cc2)CC1)c1ccc(Br)cc1. The highest BCUT2D eigenvalue weighted by Gasteiger charge is 2.35. The Balaban J connectivity index is 1.48. The zero-order valence-electron chi connectivity index (χ0n) is 17.6. The van der Waals surface area contributed by atoms with Crippen LogP contribution in [0.15, 0.2) is 53.0 Å². The van der Waals surface area contributed by atoms with Crippen molar-refractivity contribution in [2.75, 3.05) is 13.1 Å². The number of aliphatic hydroxyl groups is 2. The fourth-order valence-corrected chi connectivity index (χ4v) is 3.89. The number of nitrogens with one attached hydrogen (secondary N) is 1. The molecule has 32 heavy (non-hydrogen) atoms. The maximum Gasteiger partial charge on any atom is 0.254 e. The molecule has 2 aromatic carbocycles. The molecule has 1 fully saturated rings. The number of rotatable bonds is 7. The van der Waals surface area contributed by atoms with Gasteiger partial charge in [-0.2, -0.15) is 0 Å². The highest BCUT2D eigenvalue weighted by Crippen LogP contribution is 2.22. The van der Waals surface area contributed by atoms with Gasteiger partial charge in [0, 0.05) is 35.4 Å². The maximum atomic E-state index is 12.6. The molecule has 0 saturated carbocycles. The Kier molecular flexibility index (Phi) is 8.53. The van der Waals surface area contributed by atoms with Crippen LogP contribution in [0.25, 0.3) is 0 Å². The van der Waals surface area contributed by atoms with E-state index in [0.717, 1.165) is 10.0 Å². The van der Waals surface area contributed by atoms with Gasteiger partial charge in [0.15, 0.2) is 12.2 Å². The van der Waals surface area contributed by atoms with Gasteiger partial charge in [0.2, 0.25) is 0 Å². The summed E-state index contributed by atoms with van der Waals surface area (Å²) in [6.45, 7) is 2.48. The molecule has 7 nitrogen and oxygen atoms in total. The van der Waals surface area contributed by atoms with Crippen LogP contribution in [0, 0.1) is 0 Å². The third-order valence-electron chi connectivity index (χ3n) is 5.42. The van der Waals surface area contributed by atoms with Crippen molar-refractivity contribution in [1.82, 2.24) is 10.2 Å². The van der Waals surface area contributed by atoms with Crippen molar-refractivity contribution < 1.29 is 24.5 Å². The van der Waals surface area contributed by atoms with Crippen molar-refractivity contribution in [2.24, 2.45) is 0 Å². The minimum Gasteiger partial charge on any atom is -0.490 e. The van der Waals surface area contributed by atoms with Crippen LogP contribution in [0.5, 0.6) is 5.75 Å². The smallest absolute Gasteiger partial charge is 0.254 e. The summed E-state index contributed by atoms with van der Waals surface area (Å²) in [6.07, 6.45) is -2.62. The molecule has 3 rings (SSSR count). The van der Waals surface area contributed by atoms with Crippen molar-refractivity contribution in [3.05, 3.63) is 63.6 Å². The Morgan fingerprint density at radius 2 is 1.66 bits per heavy atom. The molecule has 1 saturated heterocycles. The van der Waals surface area contributed by atoms with E-state index in [9.17, 15) is 19.8 Å². The van der Waals surface area contributed by atoms with E-state index in [1.807, 2.05) is 24.3 Å². The lowest BCUT2D eigenvalue weighted by molar-refractivity contribution is -0.154. The average molecular weight is 526 g/mol. The van der Waals surface area contributed by atoms with E-state index in [1.54, 1.807) is 31.2 Å². The Morgan fingerprint density at radius 3 is 2.25 bits per heavy atom. The van der Waals surface area contributed by atoms with E-state index >= 15 is 0 Å². The monoisotopic (exact) mass is 524 g/mol. The molecule has 1 aliphatic rings. The molecule has 9 heteroatoms. The van der Waals surface area contributed by atoms with Crippen LogP contribution in [-0.2, 0) is 9.59 Å². The Bertz CT molecular complexity index is 917. The highest BCUT2D eigenvalue weighted by atomic mass is 79.9. The summed E-state index contributed by atoms with van der Waals surface area (Å²) in [6, 6.07) is 14.0. The average Bonchev–Trinajstić information content (AvgIpc) is 2.80. The number of benzene rings is 2. The lowest BCUT2D eigenvalue weighted by atomic mass is 10.0. The second-order valence-corrected chi connectivity index (χ2v) is 9.12. The van der Waals surface area contributed by atoms with E-state index < -0.39 is 30.1 Å². The van der Waals surface area contributed by atoms with Gasteiger partial charge < -0.3 is 25.2 Å². The predicted molar refractivity (Wildman–Crippen MR) is 124 cm³/mol. The molecule has 3 atom stereocenters. The van der Waals surface area contributed by atoms with Crippen LogP contribution in [0.4, 0.5) is 0 Å². The van der Waals surface area contributed by atoms with Gasteiger partial charge in [0.1, 0.15) is 11.9 Å². The normalized spacial score (nSPS) is 17.3. The summed E-state index contributed by atoms with van der Waals surface area (Å²) < 4.78 is 6.81. The number of halogens is 2. The van der Waals surface area contributed by atoms with Crippen LogP contribution in [-0.4, -0.2) is 58.3 Å². The molecule has 0 unspecified atom stereocenters. The predicted octanol–water partition coefficient (Wildman–Crippen LogP) is 3.07. The molecule has 0 bridgehead atoms. The van der Waals surface area contributed by atoms with Gasteiger partial charge in [-0.1, -0.05) is 39.7 Å². The van der Waals surface area contributed by atoms with Gasteiger partial charge in [-0.15, -0.1) is 0 Å². The van der Waals surface area contributed by atoms with Crippen LogP contribution in [0.3, 0.4) is 0 Å². The van der Waals surface area contributed by atoms with Crippen LogP contribution >= 0.6 is 27.5 Å². The first-order valence-corrected chi connectivity index (χ1v) is 11.5. The molecule has 0 aromatic heterocycles. The van der Waals surface area contributed by atoms with E-state index in [1.165, 1.54) is 4.90 Å². The lowest BCUT2D eigenvalue weighted by Crippen LogP contribution is -2.53. The summed E-state index contributed by atoms with van der Waals surface area (Å²) in [4.78, 5) is 26.4. The number of hydrogen-bond donors (Lipinski definition) is 3. The Labute approximate surface area is 200 Å². The number of aliphatic hydroxyl groups excluding tert-OH is 2. The van der Waals surface area contributed by atoms with Gasteiger partial charge in [-0.05, 0) is 48.9 Å². The number of carbonyl (C=O) groups is 2. The second-order valence-electron chi connectivity index (χ2n) is 7.77. The molecule has 0 aliphatic carbocycles. The zero-order chi connectivity index (χ0) is 23.3. The number of nitrogens with zero attached hydrogens (tertiary/aromatic N) is 1. The highest BCUT2D eigenvalue weighted by molar-refractivity contribution is 9.10. The molecule has 0 radical (unpaired) electrons. The van der Waals surface area contributed by atoms with E-state index in [4.69, 9.17) is 16.3 Å². The third-order valence-corrected chi connectivity index (χ3v) is 6.20. The summed E-state index contributed by atoms with van der Waals surface area (Å²) in [5.74, 6) is -0.776. The van der Waals surface area contributed by atoms with Gasteiger partial charge >= 0.3 is 0 Å². The molecule has 2 amide bonds.